The molecule has 0 radical (unpaired) electrons. The molecule has 7 heteroatoms. The SMILES string of the molecule is CN1C(=O)CC(Nc2ccc(C(=O)O)cc2N)C1=O. The largest absolute Gasteiger partial charge is 0.478 e. The van der Waals surface area contributed by atoms with E-state index in [9.17, 15) is 14.4 Å². The van der Waals surface area contributed by atoms with Gasteiger partial charge >= 0.3 is 5.97 Å². The van der Waals surface area contributed by atoms with Crippen LogP contribution in [-0.2, 0) is 9.59 Å². The van der Waals surface area contributed by atoms with Crippen molar-refractivity contribution in [3.8, 4) is 0 Å². The van der Waals surface area contributed by atoms with Crippen LogP contribution in [-0.4, -0.2) is 40.9 Å². The average molecular weight is 263 g/mol. The summed E-state index contributed by atoms with van der Waals surface area (Å²) in [5, 5.41) is 11.7. The highest BCUT2D eigenvalue weighted by Crippen LogP contribution is 2.23. The van der Waals surface area contributed by atoms with Crippen molar-refractivity contribution >= 4 is 29.2 Å². The molecule has 1 heterocycles. The molecular weight excluding hydrogens is 250 g/mol. The third-order valence-corrected chi connectivity index (χ3v) is 3.01. The summed E-state index contributed by atoms with van der Waals surface area (Å²) in [6, 6.07) is 3.51. The zero-order valence-corrected chi connectivity index (χ0v) is 10.2. The molecule has 7 nitrogen and oxygen atoms in total. The van der Waals surface area contributed by atoms with Crippen LogP contribution in [0.5, 0.6) is 0 Å². The molecule has 1 aromatic carbocycles. The van der Waals surface area contributed by atoms with Crippen LogP contribution in [0.25, 0.3) is 0 Å². The number of nitrogens with one attached hydrogen (secondary N) is 1. The normalized spacial score (nSPS) is 18.8. The van der Waals surface area contributed by atoms with E-state index in [1.54, 1.807) is 0 Å². The summed E-state index contributed by atoms with van der Waals surface area (Å²) in [6.45, 7) is 0. The van der Waals surface area contributed by atoms with Gasteiger partial charge in [0.05, 0.1) is 23.4 Å². The second kappa shape index (κ2) is 4.60. The fraction of sp³-hybridized carbons (Fsp3) is 0.250. The Bertz CT molecular complexity index is 570. The zero-order valence-electron chi connectivity index (χ0n) is 10.2. The number of nitrogens with zero attached hydrogens (tertiary/aromatic N) is 1. The second-order valence-corrected chi connectivity index (χ2v) is 4.30. The Balaban J connectivity index is 2.19. The summed E-state index contributed by atoms with van der Waals surface area (Å²) >= 11 is 0. The summed E-state index contributed by atoms with van der Waals surface area (Å²) in [5.41, 5.74) is 6.43. The van der Waals surface area contributed by atoms with E-state index in [0.717, 1.165) is 4.90 Å². The molecule has 1 saturated heterocycles. The minimum absolute atomic E-state index is 0.0639. The standard InChI is InChI=1S/C12H13N3O4/c1-15-10(16)5-9(11(15)17)14-8-3-2-6(12(18)19)4-7(8)13/h2-4,9,14H,5,13H2,1H3,(H,18,19). The number of likely N-dealkylation sites (tertiary alicyclic amines) is 1. The van der Waals surface area contributed by atoms with E-state index in [0.29, 0.717) is 5.69 Å². The van der Waals surface area contributed by atoms with Crippen molar-refractivity contribution in [3.63, 3.8) is 0 Å². The lowest BCUT2D eigenvalue weighted by atomic mass is 10.1. The van der Waals surface area contributed by atoms with Gasteiger partial charge in [-0.25, -0.2) is 4.79 Å². The molecule has 1 aromatic rings. The van der Waals surface area contributed by atoms with Crippen molar-refractivity contribution < 1.29 is 19.5 Å². The Morgan fingerprint density at radius 3 is 2.63 bits per heavy atom. The first-order valence-corrected chi connectivity index (χ1v) is 5.60. The lowest BCUT2D eigenvalue weighted by Gasteiger charge is -2.14. The predicted molar refractivity (Wildman–Crippen MR) is 67.6 cm³/mol. The topological polar surface area (TPSA) is 113 Å². The number of carbonyl (C=O) groups excluding carboxylic acids is 2. The van der Waals surface area contributed by atoms with E-state index in [-0.39, 0.29) is 29.5 Å². The molecule has 1 aliphatic rings. The fourth-order valence-corrected chi connectivity index (χ4v) is 1.88. The molecule has 1 atom stereocenters. The summed E-state index contributed by atoms with van der Waals surface area (Å²) in [7, 11) is 1.42. The maximum absolute atomic E-state index is 11.7. The lowest BCUT2D eigenvalue weighted by Crippen LogP contribution is -2.32. The minimum atomic E-state index is -1.08. The number of carbonyl (C=O) groups is 3. The molecule has 0 aliphatic carbocycles. The molecule has 0 aromatic heterocycles. The van der Waals surface area contributed by atoms with E-state index >= 15 is 0 Å². The van der Waals surface area contributed by atoms with Gasteiger partial charge in [-0.2, -0.15) is 0 Å². The fourth-order valence-electron chi connectivity index (χ4n) is 1.88. The molecule has 19 heavy (non-hydrogen) atoms. The van der Waals surface area contributed by atoms with Crippen LogP contribution in [0.2, 0.25) is 0 Å². The molecule has 1 fully saturated rings. The number of hydrogen-bond acceptors (Lipinski definition) is 5. The van der Waals surface area contributed by atoms with Crippen molar-refractivity contribution in [1.29, 1.82) is 0 Å². The Labute approximate surface area is 109 Å². The Morgan fingerprint density at radius 1 is 1.47 bits per heavy atom. The molecule has 2 rings (SSSR count). The summed E-state index contributed by atoms with van der Waals surface area (Å²) in [4.78, 5) is 34.9. The first kappa shape index (κ1) is 12.9. The van der Waals surface area contributed by atoms with Gasteiger partial charge in [-0.05, 0) is 18.2 Å². The number of nitrogen functional groups attached to an aromatic ring is 1. The molecular formula is C12H13N3O4. The average Bonchev–Trinajstić information content (AvgIpc) is 2.59. The minimum Gasteiger partial charge on any atom is -0.478 e. The van der Waals surface area contributed by atoms with Crippen LogP contribution in [0, 0.1) is 0 Å². The van der Waals surface area contributed by atoms with Crippen LogP contribution >= 0.6 is 0 Å². The molecule has 2 amide bonds. The van der Waals surface area contributed by atoms with Crippen LogP contribution in [0.15, 0.2) is 18.2 Å². The van der Waals surface area contributed by atoms with Crippen molar-refractivity contribution in [2.24, 2.45) is 0 Å². The molecule has 0 saturated carbocycles. The number of likely N-dealkylation sites (N-methyl/N-ethyl adjacent to an activating group) is 1. The lowest BCUT2D eigenvalue weighted by molar-refractivity contribution is -0.136. The first-order valence-electron chi connectivity index (χ1n) is 5.60. The van der Waals surface area contributed by atoms with E-state index in [1.165, 1.54) is 25.2 Å². The summed E-state index contributed by atoms with van der Waals surface area (Å²) < 4.78 is 0. The maximum atomic E-state index is 11.7. The van der Waals surface area contributed by atoms with Gasteiger partial charge in [0.15, 0.2) is 0 Å². The quantitative estimate of drug-likeness (QED) is 0.528. The van der Waals surface area contributed by atoms with Crippen molar-refractivity contribution in [1.82, 2.24) is 4.90 Å². The number of anilines is 2. The van der Waals surface area contributed by atoms with E-state index < -0.39 is 12.0 Å². The van der Waals surface area contributed by atoms with E-state index in [1.807, 2.05) is 0 Å². The van der Waals surface area contributed by atoms with Crippen molar-refractivity contribution in [3.05, 3.63) is 23.8 Å². The maximum Gasteiger partial charge on any atom is 0.335 e. The number of carboxylic acids is 1. The van der Waals surface area contributed by atoms with Gasteiger partial charge in [0.1, 0.15) is 6.04 Å². The van der Waals surface area contributed by atoms with Crippen LogP contribution < -0.4 is 11.1 Å². The molecule has 1 aliphatic heterocycles. The number of amides is 2. The predicted octanol–water partition coefficient (Wildman–Crippen LogP) is 0.136. The molecule has 0 bridgehead atoms. The highest BCUT2D eigenvalue weighted by atomic mass is 16.4. The Morgan fingerprint density at radius 2 is 2.16 bits per heavy atom. The van der Waals surface area contributed by atoms with Crippen molar-refractivity contribution in [2.75, 3.05) is 18.1 Å². The number of aromatic carboxylic acids is 1. The zero-order chi connectivity index (χ0) is 14.2. The van der Waals surface area contributed by atoms with Crippen molar-refractivity contribution in [2.45, 2.75) is 12.5 Å². The highest BCUT2D eigenvalue weighted by molar-refractivity contribution is 6.06. The first-order chi connectivity index (χ1) is 8.90. The van der Waals surface area contributed by atoms with Gasteiger partial charge in [-0.15, -0.1) is 0 Å². The van der Waals surface area contributed by atoms with Crippen LogP contribution in [0.4, 0.5) is 11.4 Å². The molecule has 0 spiro atoms. The van der Waals surface area contributed by atoms with Crippen LogP contribution in [0.1, 0.15) is 16.8 Å². The second-order valence-electron chi connectivity index (χ2n) is 4.30. The number of nitrogens with two attached hydrogens (primary N) is 1. The number of hydrogen-bond donors (Lipinski definition) is 3. The van der Waals surface area contributed by atoms with E-state index in [4.69, 9.17) is 10.8 Å². The number of benzene rings is 1. The smallest absolute Gasteiger partial charge is 0.335 e. The van der Waals surface area contributed by atoms with Gasteiger partial charge in [0, 0.05) is 7.05 Å². The Kier molecular flexibility index (Phi) is 3.12. The number of imide groups is 1. The molecule has 4 N–H and O–H groups in total. The monoisotopic (exact) mass is 263 g/mol. The van der Waals surface area contributed by atoms with Gasteiger partial charge < -0.3 is 16.2 Å². The third-order valence-electron chi connectivity index (χ3n) is 3.01. The molecule has 1 unspecified atom stereocenters. The highest BCUT2D eigenvalue weighted by Gasteiger charge is 2.36. The molecule has 100 valence electrons. The third kappa shape index (κ3) is 2.35. The summed E-state index contributed by atoms with van der Waals surface area (Å²) in [5.74, 6) is -1.67. The van der Waals surface area contributed by atoms with Gasteiger partial charge in [0.2, 0.25) is 5.91 Å². The van der Waals surface area contributed by atoms with Crippen LogP contribution in [0.3, 0.4) is 0 Å². The van der Waals surface area contributed by atoms with E-state index in [2.05, 4.69) is 5.32 Å². The van der Waals surface area contributed by atoms with Gasteiger partial charge in [-0.3, -0.25) is 14.5 Å². The van der Waals surface area contributed by atoms with Gasteiger partial charge in [0.25, 0.3) is 5.91 Å². The Hall–Kier alpha value is -2.57. The number of rotatable bonds is 3. The summed E-state index contributed by atoms with van der Waals surface area (Å²) in [6.07, 6.45) is 0.0649. The van der Waals surface area contributed by atoms with Gasteiger partial charge in [-0.1, -0.05) is 0 Å². The number of carboxylic acid groups (broad SMARTS) is 1.